The van der Waals surface area contributed by atoms with Gasteiger partial charge in [-0.15, -0.1) is 0 Å². The van der Waals surface area contributed by atoms with Gasteiger partial charge >= 0.3 is 5.97 Å². The average molecular weight is 197 g/mol. The van der Waals surface area contributed by atoms with Crippen molar-refractivity contribution in [2.24, 2.45) is 0 Å². The maximum Gasteiger partial charge on any atom is 0.306 e. The van der Waals surface area contributed by atoms with Crippen molar-refractivity contribution in [2.45, 2.75) is 12.8 Å². The minimum Gasteiger partial charge on any atom is -0.493 e. The third-order valence-corrected chi connectivity index (χ3v) is 1.74. The summed E-state index contributed by atoms with van der Waals surface area (Å²) >= 11 is 0. The highest BCUT2D eigenvalue weighted by Gasteiger charge is 2.10. The molecule has 1 aliphatic carbocycles. The topological polar surface area (TPSA) is 55.8 Å². The molecule has 0 fully saturated rings. The van der Waals surface area contributed by atoms with Crippen LogP contribution in [0.25, 0.3) is 0 Å². The van der Waals surface area contributed by atoms with E-state index in [9.17, 15) is 4.79 Å². The summed E-state index contributed by atoms with van der Waals surface area (Å²) in [7, 11) is 1.55. The summed E-state index contributed by atoms with van der Waals surface area (Å²) in [5, 5.41) is 8.41. The average Bonchev–Trinajstić information content (AvgIpc) is 2.18. The summed E-state index contributed by atoms with van der Waals surface area (Å²) in [5.41, 5.74) is 0. The summed E-state index contributed by atoms with van der Waals surface area (Å²) in [5.74, 6) is 0.397. The number of rotatable bonds is 5. The Bertz CT molecular complexity index is 265. The fourth-order valence-electron chi connectivity index (χ4n) is 1.08. The van der Waals surface area contributed by atoms with Gasteiger partial charge in [0.2, 0.25) is 0 Å². The van der Waals surface area contributed by atoms with Gasteiger partial charge in [0, 0.05) is 0 Å². The van der Waals surface area contributed by atoms with Crippen LogP contribution in [0.5, 0.6) is 0 Å². The number of carbonyl (C=O) groups is 1. The Hall–Kier alpha value is -1.45. The van der Waals surface area contributed by atoms with Crippen LogP contribution < -0.4 is 0 Å². The molecule has 1 N–H and O–H groups in total. The molecule has 0 saturated carbocycles. The third-order valence-electron chi connectivity index (χ3n) is 1.74. The first-order valence-corrected chi connectivity index (χ1v) is 4.36. The molecular weight excluding hydrogens is 184 g/mol. The Morgan fingerprint density at radius 2 is 2.36 bits per heavy atom. The van der Waals surface area contributed by atoms with E-state index in [4.69, 9.17) is 14.6 Å². The minimum atomic E-state index is -0.865. The van der Waals surface area contributed by atoms with Gasteiger partial charge in [0.25, 0.3) is 0 Å². The Morgan fingerprint density at radius 3 is 3.00 bits per heavy atom. The zero-order valence-electron chi connectivity index (χ0n) is 8.03. The molecule has 14 heavy (non-hydrogen) atoms. The van der Waals surface area contributed by atoms with E-state index >= 15 is 0 Å². The Kier molecular flexibility index (Phi) is 4.04. The standard InChI is InChI=1S/C10H13O4/c1-13-8-4-2-3-5-9(8)14-7-6-10(11)12/h2,4-5H,3,6-7H2,1H3,(H,11,12). The molecular formula is C10H13O4. The van der Waals surface area contributed by atoms with Crippen molar-refractivity contribution in [1.29, 1.82) is 0 Å². The Morgan fingerprint density at radius 1 is 1.57 bits per heavy atom. The molecule has 0 aliphatic heterocycles. The number of hydrogen-bond acceptors (Lipinski definition) is 3. The van der Waals surface area contributed by atoms with Crippen LogP contribution >= 0.6 is 0 Å². The zero-order valence-corrected chi connectivity index (χ0v) is 8.03. The fourth-order valence-corrected chi connectivity index (χ4v) is 1.08. The van der Waals surface area contributed by atoms with Crippen LogP contribution in [-0.2, 0) is 14.3 Å². The van der Waals surface area contributed by atoms with Crippen molar-refractivity contribution in [1.82, 2.24) is 0 Å². The molecule has 77 valence electrons. The normalized spacial score (nSPS) is 15.5. The summed E-state index contributed by atoms with van der Waals surface area (Å²) in [6, 6.07) is 0. The monoisotopic (exact) mass is 197 g/mol. The molecule has 0 unspecified atom stereocenters. The maximum absolute atomic E-state index is 10.2. The predicted octanol–water partition coefficient (Wildman–Crippen LogP) is 1.50. The van der Waals surface area contributed by atoms with Crippen molar-refractivity contribution in [2.75, 3.05) is 13.7 Å². The molecule has 4 heteroatoms. The van der Waals surface area contributed by atoms with Gasteiger partial charge in [0.1, 0.15) is 0 Å². The van der Waals surface area contributed by atoms with Crippen LogP contribution in [0.2, 0.25) is 0 Å². The molecule has 0 aromatic heterocycles. The molecule has 0 atom stereocenters. The molecule has 0 saturated heterocycles. The number of carboxylic acids is 1. The highest BCUT2D eigenvalue weighted by atomic mass is 16.5. The minimum absolute atomic E-state index is 0.00194. The summed E-state index contributed by atoms with van der Waals surface area (Å²) in [6.07, 6.45) is 6.41. The van der Waals surface area contributed by atoms with E-state index < -0.39 is 5.97 Å². The van der Waals surface area contributed by atoms with E-state index in [-0.39, 0.29) is 13.0 Å². The Labute approximate surface area is 82.8 Å². The van der Waals surface area contributed by atoms with Gasteiger partial charge in [-0.3, -0.25) is 4.79 Å². The molecule has 1 aliphatic rings. The van der Waals surface area contributed by atoms with Crippen LogP contribution in [0.3, 0.4) is 0 Å². The first-order chi connectivity index (χ1) is 6.74. The van der Waals surface area contributed by atoms with E-state index in [1.165, 1.54) is 0 Å². The van der Waals surface area contributed by atoms with Gasteiger partial charge in [-0.25, -0.2) is 0 Å². The van der Waals surface area contributed by atoms with E-state index in [1.54, 1.807) is 7.11 Å². The number of aliphatic carboxylic acids is 1. The van der Waals surface area contributed by atoms with E-state index in [2.05, 4.69) is 0 Å². The van der Waals surface area contributed by atoms with Gasteiger partial charge in [-0.05, 0) is 25.0 Å². The summed E-state index contributed by atoms with van der Waals surface area (Å²) in [6.45, 7) is 0.169. The fraction of sp³-hybridized carbons (Fsp3) is 0.400. The van der Waals surface area contributed by atoms with Crippen molar-refractivity contribution < 1.29 is 19.4 Å². The lowest BCUT2D eigenvalue weighted by molar-refractivity contribution is -0.137. The second-order valence-electron chi connectivity index (χ2n) is 2.77. The smallest absolute Gasteiger partial charge is 0.306 e. The molecule has 0 aromatic carbocycles. The lowest BCUT2D eigenvalue weighted by Crippen LogP contribution is -2.06. The lowest BCUT2D eigenvalue weighted by atomic mass is 10.1. The highest BCUT2D eigenvalue weighted by Crippen LogP contribution is 2.19. The quantitative estimate of drug-likeness (QED) is 0.725. The first-order valence-electron chi connectivity index (χ1n) is 4.36. The summed E-state index contributed by atoms with van der Waals surface area (Å²) in [4.78, 5) is 10.2. The predicted molar refractivity (Wildman–Crippen MR) is 50.3 cm³/mol. The molecule has 4 nitrogen and oxygen atoms in total. The van der Waals surface area contributed by atoms with Crippen LogP contribution in [0, 0.1) is 6.42 Å². The van der Waals surface area contributed by atoms with Gasteiger partial charge in [-0.1, -0.05) is 0 Å². The molecule has 1 radical (unpaired) electrons. The van der Waals surface area contributed by atoms with E-state index in [1.807, 2.05) is 18.6 Å². The highest BCUT2D eigenvalue weighted by molar-refractivity contribution is 5.66. The number of hydrogen-bond donors (Lipinski definition) is 1. The lowest BCUT2D eigenvalue weighted by Gasteiger charge is -2.15. The molecule has 1 rings (SSSR count). The zero-order chi connectivity index (χ0) is 10.4. The molecule has 0 aromatic rings. The largest absolute Gasteiger partial charge is 0.493 e. The second-order valence-corrected chi connectivity index (χ2v) is 2.77. The summed E-state index contributed by atoms with van der Waals surface area (Å²) < 4.78 is 10.3. The van der Waals surface area contributed by atoms with Gasteiger partial charge < -0.3 is 14.6 Å². The van der Waals surface area contributed by atoms with Crippen LogP contribution in [0.15, 0.2) is 23.7 Å². The van der Waals surface area contributed by atoms with Crippen molar-refractivity contribution in [3.63, 3.8) is 0 Å². The van der Waals surface area contributed by atoms with E-state index in [0.717, 1.165) is 6.42 Å². The first kappa shape index (κ1) is 10.6. The van der Waals surface area contributed by atoms with Crippen LogP contribution in [0.1, 0.15) is 12.8 Å². The number of allylic oxidation sites excluding steroid dienone is 2. The van der Waals surface area contributed by atoms with Crippen LogP contribution in [-0.4, -0.2) is 24.8 Å². The maximum atomic E-state index is 10.2. The van der Waals surface area contributed by atoms with Crippen LogP contribution in [0.4, 0.5) is 0 Å². The van der Waals surface area contributed by atoms with E-state index in [0.29, 0.717) is 11.5 Å². The van der Waals surface area contributed by atoms with Gasteiger partial charge in [-0.2, -0.15) is 0 Å². The van der Waals surface area contributed by atoms with Gasteiger partial charge in [0.15, 0.2) is 11.5 Å². The number of carboxylic acid groups (broad SMARTS) is 1. The van der Waals surface area contributed by atoms with Crippen molar-refractivity contribution >= 4 is 5.97 Å². The molecule has 0 heterocycles. The Balaban J connectivity index is 2.39. The SMILES string of the molecule is COC1=C[CH]CC=C1OCCC(=O)O. The third kappa shape index (κ3) is 3.12. The van der Waals surface area contributed by atoms with Gasteiger partial charge in [0.05, 0.1) is 20.1 Å². The molecule has 0 bridgehead atoms. The number of ether oxygens (including phenoxy) is 2. The van der Waals surface area contributed by atoms with Crippen molar-refractivity contribution in [3.05, 3.63) is 30.1 Å². The van der Waals surface area contributed by atoms with Crippen molar-refractivity contribution in [3.8, 4) is 0 Å². The molecule has 0 amide bonds. The number of methoxy groups -OCH3 is 1. The second kappa shape index (κ2) is 5.32. The molecule has 0 spiro atoms.